The van der Waals surface area contributed by atoms with Gasteiger partial charge in [0.25, 0.3) is 0 Å². The molecule has 0 spiro atoms. The Morgan fingerprint density at radius 3 is 2.69 bits per heavy atom. The zero-order valence-corrected chi connectivity index (χ0v) is 10.3. The van der Waals surface area contributed by atoms with Crippen molar-refractivity contribution >= 4 is 9.84 Å². The van der Waals surface area contributed by atoms with Crippen LogP contribution in [0.5, 0.6) is 0 Å². The molecule has 0 aliphatic rings. The molecule has 0 aliphatic carbocycles. The number of ether oxygens (including phenoxy) is 1. The molecule has 0 fully saturated rings. The van der Waals surface area contributed by atoms with Gasteiger partial charge in [-0.2, -0.15) is 0 Å². The summed E-state index contributed by atoms with van der Waals surface area (Å²) in [6.45, 7) is 2.10. The lowest BCUT2D eigenvalue weighted by molar-refractivity contribution is 0.186. The number of hydrogen-bond acceptors (Lipinski definition) is 4. The number of methoxy groups -OCH3 is 1. The van der Waals surface area contributed by atoms with Crippen LogP contribution in [0, 0.1) is 6.92 Å². The molecule has 5 heteroatoms. The molecule has 1 aromatic rings. The monoisotopic (exact) mass is 243 g/mol. The van der Waals surface area contributed by atoms with Gasteiger partial charge in [0, 0.05) is 13.2 Å². The first-order valence-corrected chi connectivity index (χ1v) is 6.65. The van der Waals surface area contributed by atoms with Gasteiger partial charge in [-0.1, -0.05) is 12.1 Å². The lowest BCUT2D eigenvalue weighted by Gasteiger charge is -2.11. The maximum atomic E-state index is 11.9. The molecule has 16 heavy (non-hydrogen) atoms. The molecule has 0 amide bonds. The van der Waals surface area contributed by atoms with Gasteiger partial charge in [-0.05, 0) is 24.6 Å². The molecule has 1 unspecified atom stereocenters. The van der Waals surface area contributed by atoms with Gasteiger partial charge in [-0.25, -0.2) is 8.42 Å². The molecule has 0 bridgehead atoms. The highest BCUT2D eigenvalue weighted by Gasteiger charge is 2.18. The topological polar surface area (TPSA) is 69.4 Å². The third-order valence-corrected chi connectivity index (χ3v) is 4.00. The lowest BCUT2D eigenvalue weighted by atomic mass is 10.2. The Balaban J connectivity index is 2.86. The highest BCUT2D eigenvalue weighted by atomic mass is 32.2. The van der Waals surface area contributed by atoms with Crippen molar-refractivity contribution in [2.24, 2.45) is 5.73 Å². The molecule has 0 aliphatic heterocycles. The van der Waals surface area contributed by atoms with Crippen LogP contribution in [0.25, 0.3) is 0 Å². The summed E-state index contributed by atoms with van der Waals surface area (Å²) in [5, 5.41) is 0. The summed E-state index contributed by atoms with van der Waals surface area (Å²) in [5.41, 5.74) is 6.56. The fourth-order valence-electron chi connectivity index (χ4n) is 1.45. The molecule has 0 heterocycles. The summed E-state index contributed by atoms with van der Waals surface area (Å²) in [4.78, 5) is 0.319. The van der Waals surface area contributed by atoms with Crippen LogP contribution in [0.1, 0.15) is 5.56 Å². The largest absolute Gasteiger partial charge is 0.383 e. The van der Waals surface area contributed by atoms with Gasteiger partial charge in [-0.3, -0.25) is 0 Å². The molecule has 1 atom stereocenters. The summed E-state index contributed by atoms with van der Waals surface area (Å²) < 4.78 is 28.7. The normalized spacial score (nSPS) is 13.7. The minimum atomic E-state index is -3.31. The van der Waals surface area contributed by atoms with Crippen LogP contribution >= 0.6 is 0 Å². The van der Waals surface area contributed by atoms with Crippen LogP contribution in [0.2, 0.25) is 0 Å². The van der Waals surface area contributed by atoms with E-state index < -0.39 is 15.9 Å². The Labute approximate surface area is 96.3 Å². The van der Waals surface area contributed by atoms with Crippen LogP contribution in [-0.2, 0) is 14.6 Å². The molecule has 0 saturated carbocycles. The summed E-state index contributed by atoms with van der Waals surface area (Å²) in [5.74, 6) is -0.0930. The van der Waals surface area contributed by atoms with Gasteiger partial charge in [0.2, 0.25) is 0 Å². The fraction of sp³-hybridized carbons (Fsp3) is 0.455. The first-order chi connectivity index (χ1) is 7.45. The van der Waals surface area contributed by atoms with Crippen LogP contribution in [0.3, 0.4) is 0 Å². The maximum absolute atomic E-state index is 11.9. The second-order valence-corrected chi connectivity index (χ2v) is 5.85. The summed E-state index contributed by atoms with van der Waals surface area (Å²) in [6.07, 6.45) is 0. The van der Waals surface area contributed by atoms with Crippen molar-refractivity contribution in [1.29, 1.82) is 0 Å². The first-order valence-electron chi connectivity index (χ1n) is 4.99. The van der Waals surface area contributed by atoms with E-state index in [1.54, 1.807) is 18.2 Å². The summed E-state index contributed by atoms with van der Waals surface area (Å²) in [7, 11) is -1.81. The summed E-state index contributed by atoms with van der Waals surface area (Å²) in [6, 6.07) is 6.32. The number of aryl methyl sites for hydroxylation is 1. The van der Waals surface area contributed by atoms with E-state index in [1.807, 2.05) is 13.0 Å². The van der Waals surface area contributed by atoms with E-state index in [0.29, 0.717) is 4.90 Å². The number of nitrogens with two attached hydrogens (primary N) is 1. The van der Waals surface area contributed by atoms with E-state index in [4.69, 9.17) is 10.5 Å². The van der Waals surface area contributed by atoms with Crippen LogP contribution in [0.15, 0.2) is 29.2 Å². The van der Waals surface area contributed by atoms with Crippen molar-refractivity contribution in [3.63, 3.8) is 0 Å². The molecule has 0 saturated heterocycles. The molecule has 0 aromatic heterocycles. The van der Waals surface area contributed by atoms with E-state index in [-0.39, 0.29) is 12.4 Å². The van der Waals surface area contributed by atoms with Gasteiger partial charge >= 0.3 is 0 Å². The van der Waals surface area contributed by atoms with Gasteiger partial charge in [0.1, 0.15) is 0 Å². The van der Waals surface area contributed by atoms with Gasteiger partial charge in [0.05, 0.1) is 17.3 Å². The van der Waals surface area contributed by atoms with E-state index >= 15 is 0 Å². The Bertz CT molecular complexity index is 442. The molecule has 4 nitrogen and oxygen atoms in total. The van der Waals surface area contributed by atoms with E-state index in [1.165, 1.54) is 7.11 Å². The van der Waals surface area contributed by atoms with Gasteiger partial charge in [0.15, 0.2) is 9.84 Å². The Hall–Kier alpha value is -0.910. The van der Waals surface area contributed by atoms with Gasteiger partial charge in [-0.15, -0.1) is 0 Å². The van der Waals surface area contributed by atoms with Crippen LogP contribution in [-0.4, -0.2) is 33.9 Å². The lowest BCUT2D eigenvalue weighted by Crippen LogP contribution is -2.33. The standard InChI is InChI=1S/C11H17NO3S/c1-9-4-3-5-11(6-9)16(13,14)8-10(12)7-15-2/h3-6,10H,7-8,12H2,1-2H3. The maximum Gasteiger partial charge on any atom is 0.179 e. The second kappa shape index (κ2) is 5.43. The minimum absolute atomic E-state index is 0.0930. The van der Waals surface area contributed by atoms with E-state index in [2.05, 4.69) is 0 Å². The predicted octanol–water partition coefficient (Wildman–Crippen LogP) is 0.742. The number of benzene rings is 1. The smallest absolute Gasteiger partial charge is 0.179 e. The number of sulfone groups is 1. The zero-order valence-electron chi connectivity index (χ0n) is 9.51. The highest BCUT2D eigenvalue weighted by molar-refractivity contribution is 7.91. The molecule has 1 rings (SSSR count). The zero-order chi connectivity index (χ0) is 12.2. The molecule has 90 valence electrons. The van der Waals surface area contributed by atoms with Crippen molar-refractivity contribution in [3.8, 4) is 0 Å². The number of hydrogen-bond donors (Lipinski definition) is 1. The molecular formula is C11H17NO3S. The van der Waals surface area contributed by atoms with Crippen molar-refractivity contribution < 1.29 is 13.2 Å². The summed E-state index contributed by atoms with van der Waals surface area (Å²) >= 11 is 0. The van der Waals surface area contributed by atoms with Crippen LogP contribution in [0.4, 0.5) is 0 Å². The highest BCUT2D eigenvalue weighted by Crippen LogP contribution is 2.13. The third kappa shape index (κ3) is 3.59. The van der Waals surface area contributed by atoms with Crippen molar-refractivity contribution in [2.75, 3.05) is 19.5 Å². The van der Waals surface area contributed by atoms with Crippen molar-refractivity contribution in [2.45, 2.75) is 17.9 Å². The molecule has 2 N–H and O–H groups in total. The quantitative estimate of drug-likeness (QED) is 0.828. The Morgan fingerprint density at radius 1 is 1.44 bits per heavy atom. The molecule has 0 radical (unpaired) electrons. The van der Waals surface area contributed by atoms with Crippen molar-refractivity contribution in [1.82, 2.24) is 0 Å². The Morgan fingerprint density at radius 2 is 2.12 bits per heavy atom. The second-order valence-electron chi connectivity index (χ2n) is 3.81. The molecule has 1 aromatic carbocycles. The average molecular weight is 243 g/mol. The van der Waals surface area contributed by atoms with Gasteiger partial charge < -0.3 is 10.5 Å². The first kappa shape index (κ1) is 13.2. The third-order valence-electron chi connectivity index (χ3n) is 2.16. The Kier molecular flexibility index (Phi) is 4.46. The predicted molar refractivity (Wildman–Crippen MR) is 63.1 cm³/mol. The minimum Gasteiger partial charge on any atom is -0.383 e. The molecular weight excluding hydrogens is 226 g/mol. The fourth-order valence-corrected chi connectivity index (χ4v) is 2.95. The van der Waals surface area contributed by atoms with E-state index in [0.717, 1.165) is 5.56 Å². The van der Waals surface area contributed by atoms with Crippen LogP contribution < -0.4 is 5.73 Å². The van der Waals surface area contributed by atoms with E-state index in [9.17, 15) is 8.42 Å². The van der Waals surface area contributed by atoms with Crippen molar-refractivity contribution in [3.05, 3.63) is 29.8 Å². The average Bonchev–Trinajstić information content (AvgIpc) is 2.17. The SMILES string of the molecule is COCC(N)CS(=O)(=O)c1cccc(C)c1. The number of rotatable bonds is 5.